The Labute approximate surface area is 71.3 Å². The first-order chi connectivity index (χ1) is 4.99. The van der Waals surface area contributed by atoms with Gasteiger partial charge in [-0.1, -0.05) is 0 Å². The lowest BCUT2D eigenvalue weighted by Gasteiger charge is -2.10. The lowest BCUT2D eigenvalue weighted by molar-refractivity contribution is -0.0000493. The molecule has 5 heteroatoms. The van der Waals surface area contributed by atoms with E-state index in [-0.39, 0.29) is 6.54 Å². The molecule has 0 atom stereocenters. The van der Waals surface area contributed by atoms with Crippen LogP contribution in [-0.4, -0.2) is 15.7 Å². The van der Waals surface area contributed by atoms with Crippen LogP contribution < -0.4 is 0 Å². The van der Waals surface area contributed by atoms with Crippen molar-refractivity contribution in [2.24, 2.45) is 0 Å². The molecule has 1 aromatic rings. The van der Waals surface area contributed by atoms with E-state index in [0.717, 1.165) is 6.92 Å². The van der Waals surface area contributed by atoms with Crippen LogP contribution in [0.25, 0.3) is 0 Å². The van der Waals surface area contributed by atoms with Gasteiger partial charge in [0.15, 0.2) is 0 Å². The summed E-state index contributed by atoms with van der Waals surface area (Å²) in [4.78, 5) is 0. The van der Waals surface area contributed by atoms with Gasteiger partial charge in [0.1, 0.15) is 11.1 Å². The normalized spacial score (nSPS) is 12.0. The molecule has 0 saturated carbocycles. The van der Waals surface area contributed by atoms with Gasteiger partial charge in [0.05, 0.1) is 6.20 Å². The van der Waals surface area contributed by atoms with Gasteiger partial charge in [-0.05, 0) is 22.0 Å². The number of rotatable bonds is 2. The minimum atomic E-state index is -2.71. The Morgan fingerprint density at radius 2 is 2.36 bits per heavy atom. The smallest absolute Gasteiger partial charge is 0.252 e. The second-order valence-corrected chi connectivity index (χ2v) is 3.19. The average molecular weight is 225 g/mol. The van der Waals surface area contributed by atoms with Gasteiger partial charge in [0, 0.05) is 6.92 Å². The van der Waals surface area contributed by atoms with Crippen LogP contribution in [0.4, 0.5) is 8.78 Å². The van der Waals surface area contributed by atoms with Gasteiger partial charge in [0.2, 0.25) is 0 Å². The van der Waals surface area contributed by atoms with Crippen LogP contribution >= 0.6 is 15.9 Å². The Bertz CT molecular complexity index is 241. The summed E-state index contributed by atoms with van der Waals surface area (Å²) in [6.07, 6.45) is 1.47. The molecule has 0 aliphatic carbocycles. The van der Waals surface area contributed by atoms with Crippen molar-refractivity contribution < 1.29 is 8.78 Å². The highest BCUT2D eigenvalue weighted by Crippen LogP contribution is 2.17. The zero-order valence-corrected chi connectivity index (χ0v) is 7.48. The molecule has 0 aliphatic heterocycles. The number of aromatic nitrogens is 2. The Morgan fingerprint density at radius 1 is 1.73 bits per heavy atom. The highest BCUT2D eigenvalue weighted by molar-refractivity contribution is 9.10. The van der Waals surface area contributed by atoms with Gasteiger partial charge in [-0.25, -0.2) is 8.78 Å². The summed E-state index contributed by atoms with van der Waals surface area (Å²) in [5.74, 6) is -2.71. The summed E-state index contributed by atoms with van der Waals surface area (Å²) >= 11 is 3.09. The summed E-state index contributed by atoms with van der Waals surface area (Å²) in [5.41, 5.74) is 0. The first-order valence-corrected chi connectivity index (χ1v) is 3.83. The highest BCUT2D eigenvalue weighted by atomic mass is 79.9. The van der Waals surface area contributed by atoms with E-state index in [2.05, 4.69) is 21.0 Å². The molecule has 0 aromatic carbocycles. The molecule has 0 saturated heterocycles. The third kappa shape index (κ3) is 2.57. The topological polar surface area (TPSA) is 17.8 Å². The van der Waals surface area contributed by atoms with Gasteiger partial charge in [-0.3, -0.25) is 4.68 Å². The average Bonchev–Trinajstić information content (AvgIpc) is 2.12. The van der Waals surface area contributed by atoms with Crippen LogP contribution in [0, 0.1) is 0 Å². The lowest BCUT2D eigenvalue weighted by atomic mass is 10.4. The summed E-state index contributed by atoms with van der Waals surface area (Å²) < 4.78 is 26.5. The van der Waals surface area contributed by atoms with Crippen molar-refractivity contribution >= 4 is 15.9 Å². The Hall–Kier alpha value is -0.450. The number of alkyl halides is 2. The quantitative estimate of drug-likeness (QED) is 0.754. The summed E-state index contributed by atoms with van der Waals surface area (Å²) in [5, 5.41) is 3.69. The van der Waals surface area contributed by atoms with Gasteiger partial charge >= 0.3 is 0 Å². The van der Waals surface area contributed by atoms with Gasteiger partial charge in [-0.2, -0.15) is 5.10 Å². The van der Waals surface area contributed by atoms with E-state index in [9.17, 15) is 8.78 Å². The van der Waals surface area contributed by atoms with Crippen LogP contribution in [-0.2, 0) is 6.54 Å². The maximum Gasteiger partial charge on any atom is 0.264 e. The largest absolute Gasteiger partial charge is 0.264 e. The Kier molecular flexibility index (Phi) is 2.27. The van der Waals surface area contributed by atoms with Crippen molar-refractivity contribution in [3.63, 3.8) is 0 Å². The molecule has 0 spiro atoms. The van der Waals surface area contributed by atoms with E-state index in [1.54, 1.807) is 6.07 Å². The molecule has 0 amide bonds. The number of hydrogen-bond acceptors (Lipinski definition) is 1. The number of hydrogen-bond donors (Lipinski definition) is 0. The molecule has 0 bridgehead atoms. The molecule has 0 unspecified atom stereocenters. The van der Waals surface area contributed by atoms with Crippen molar-refractivity contribution in [3.05, 3.63) is 16.9 Å². The van der Waals surface area contributed by atoms with Crippen molar-refractivity contribution in [1.29, 1.82) is 0 Å². The SMILES string of the molecule is CC(F)(F)Cn1nccc1Br. The molecule has 0 radical (unpaired) electrons. The fourth-order valence-electron chi connectivity index (χ4n) is 0.696. The lowest BCUT2D eigenvalue weighted by Crippen LogP contribution is -2.20. The minimum Gasteiger partial charge on any atom is -0.252 e. The molecule has 1 rings (SSSR count). The zero-order chi connectivity index (χ0) is 8.48. The first-order valence-electron chi connectivity index (χ1n) is 3.04. The maximum absolute atomic E-state index is 12.4. The van der Waals surface area contributed by atoms with Crippen LogP contribution in [0.2, 0.25) is 0 Å². The van der Waals surface area contributed by atoms with Crippen LogP contribution in [0.3, 0.4) is 0 Å². The van der Waals surface area contributed by atoms with Crippen LogP contribution in [0.1, 0.15) is 6.92 Å². The standard InChI is InChI=1S/C6H7BrF2N2/c1-6(8,9)4-11-5(7)2-3-10-11/h2-3H,4H2,1H3. The maximum atomic E-state index is 12.4. The second kappa shape index (κ2) is 2.89. The van der Waals surface area contributed by atoms with Gasteiger partial charge in [-0.15, -0.1) is 0 Å². The highest BCUT2D eigenvalue weighted by Gasteiger charge is 2.22. The van der Waals surface area contributed by atoms with E-state index in [1.165, 1.54) is 10.9 Å². The molecular weight excluding hydrogens is 218 g/mol. The Morgan fingerprint density at radius 3 is 2.73 bits per heavy atom. The minimum absolute atomic E-state index is 0.388. The fourth-order valence-corrected chi connectivity index (χ4v) is 1.03. The Balaban J connectivity index is 2.72. The van der Waals surface area contributed by atoms with E-state index in [4.69, 9.17) is 0 Å². The zero-order valence-electron chi connectivity index (χ0n) is 5.89. The van der Waals surface area contributed by atoms with E-state index in [0.29, 0.717) is 4.60 Å². The van der Waals surface area contributed by atoms with Crippen molar-refractivity contribution in [3.8, 4) is 0 Å². The fraction of sp³-hybridized carbons (Fsp3) is 0.500. The number of nitrogens with zero attached hydrogens (tertiary/aromatic N) is 2. The van der Waals surface area contributed by atoms with Crippen molar-refractivity contribution in [2.75, 3.05) is 0 Å². The van der Waals surface area contributed by atoms with Crippen molar-refractivity contribution in [1.82, 2.24) is 9.78 Å². The second-order valence-electron chi connectivity index (χ2n) is 2.38. The molecule has 2 nitrogen and oxygen atoms in total. The molecule has 0 N–H and O–H groups in total. The predicted molar refractivity (Wildman–Crippen MR) is 40.5 cm³/mol. The van der Waals surface area contributed by atoms with E-state index < -0.39 is 5.92 Å². The monoisotopic (exact) mass is 224 g/mol. The van der Waals surface area contributed by atoms with E-state index >= 15 is 0 Å². The number of halogens is 3. The molecule has 1 aromatic heterocycles. The predicted octanol–water partition coefficient (Wildman–Crippen LogP) is 2.30. The third-order valence-corrected chi connectivity index (χ3v) is 1.77. The van der Waals surface area contributed by atoms with Gasteiger partial charge < -0.3 is 0 Å². The molecule has 62 valence electrons. The molecular formula is C6H7BrF2N2. The third-order valence-electron chi connectivity index (χ3n) is 1.09. The van der Waals surface area contributed by atoms with Crippen molar-refractivity contribution in [2.45, 2.75) is 19.4 Å². The summed E-state index contributed by atoms with van der Waals surface area (Å²) in [6, 6.07) is 1.62. The molecule has 0 aliphatic rings. The summed E-state index contributed by atoms with van der Waals surface area (Å²) in [7, 11) is 0. The van der Waals surface area contributed by atoms with Gasteiger partial charge in [0.25, 0.3) is 5.92 Å². The molecule has 11 heavy (non-hydrogen) atoms. The van der Waals surface area contributed by atoms with Crippen LogP contribution in [0.15, 0.2) is 16.9 Å². The molecule has 1 heterocycles. The van der Waals surface area contributed by atoms with Crippen LogP contribution in [0.5, 0.6) is 0 Å². The first kappa shape index (κ1) is 8.64. The molecule has 0 fully saturated rings. The van der Waals surface area contributed by atoms with E-state index in [1.807, 2.05) is 0 Å². The summed E-state index contributed by atoms with van der Waals surface area (Å²) in [6.45, 7) is 0.474.